The maximum absolute atomic E-state index is 5.78. The highest BCUT2D eigenvalue weighted by Gasteiger charge is 2.41. The molecule has 4 rings (SSSR count). The number of nitrogens with zero attached hydrogens (tertiary/aromatic N) is 4. The summed E-state index contributed by atoms with van der Waals surface area (Å²) in [6, 6.07) is 17.1. The monoisotopic (exact) mass is 419 g/mol. The Hall–Kier alpha value is -2.70. The predicted molar refractivity (Wildman–Crippen MR) is 126 cm³/mol. The molecule has 2 atom stereocenters. The van der Waals surface area contributed by atoms with E-state index in [2.05, 4.69) is 95.2 Å². The number of aryl methyl sites for hydroxylation is 2. The minimum atomic E-state index is 0.000979. The van der Waals surface area contributed by atoms with Crippen molar-refractivity contribution in [3.05, 3.63) is 83.4 Å². The van der Waals surface area contributed by atoms with E-state index in [1.807, 2.05) is 18.3 Å². The first kappa shape index (κ1) is 20.6. The van der Waals surface area contributed by atoms with Gasteiger partial charge < -0.3 is 19.7 Å². The van der Waals surface area contributed by atoms with Gasteiger partial charge in [-0.2, -0.15) is 0 Å². The molecular weight excluding hydrogens is 390 g/mol. The van der Waals surface area contributed by atoms with Crippen LogP contribution in [0.3, 0.4) is 0 Å². The summed E-state index contributed by atoms with van der Waals surface area (Å²) in [5.41, 5.74) is 5.97. The topological polar surface area (TPSA) is 36.3 Å². The van der Waals surface area contributed by atoms with Gasteiger partial charge in [0, 0.05) is 36.9 Å². The lowest BCUT2D eigenvalue weighted by atomic mass is 10.0. The third-order valence-corrected chi connectivity index (χ3v) is 6.19. The largest absolute Gasteiger partial charge is 0.352 e. The van der Waals surface area contributed by atoms with Crippen molar-refractivity contribution in [3.8, 4) is 5.69 Å². The molecule has 2 aromatic heterocycles. The average molecular weight is 420 g/mol. The highest BCUT2D eigenvalue weighted by molar-refractivity contribution is 7.80. The van der Waals surface area contributed by atoms with Crippen molar-refractivity contribution in [1.82, 2.24) is 24.7 Å². The van der Waals surface area contributed by atoms with Gasteiger partial charge in [0.05, 0.1) is 17.8 Å². The third kappa shape index (κ3) is 3.98. The fourth-order valence-electron chi connectivity index (χ4n) is 4.02. The van der Waals surface area contributed by atoms with Crippen molar-refractivity contribution < 1.29 is 0 Å². The molecule has 1 aromatic carbocycles. The van der Waals surface area contributed by atoms with Gasteiger partial charge in [-0.15, -0.1) is 0 Å². The van der Waals surface area contributed by atoms with Gasteiger partial charge in [-0.05, 0) is 87.7 Å². The van der Waals surface area contributed by atoms with E-state index in [0.717, 1.165) is 23.9 Å². The van der Waals surface area contributed by atoms with Crippen LogP contribution in [0.5, 0.6) is 0 Å². The molecule has 5 nitrogen and oxygen atoms in total. The van der Waals surface area contributed by atoms with Crippen molar-refractivity contribution in [2.45, 2.75) is 25.9 Å². The molecule has 0 spiro atoms. The van der Waals surface area contributed by atoms with Gasteiger partial charge in [-0.1, -0.05) is 12.1 Å². The zero-order valence-corrected chi connectivity index (χ0v) is 18.9. The van der Waals surface area contributed by atoms with Gasteiger partial charge in [0.1, 0.15) is 0 Å². The van der Waals surface area contributed by atoms with Crippen LogP contribution in [0.1, 0.15) is 34.6 Å². The number of nitrogens with one attached hydrogen (secondary N) is 1. The van der Waals surface area contributed by atoms with E-state index in [4.69, 9.17) is 12.2 Å². The minimum absolute atomic E-state index is 0.000979. The Labute approximate surface area is 184 Å². The van der Waals surface area contributed by atoms with Crippen molar-refractivity contribution in [3.63, 3.8) is 0 Å². The first-order chi connectivity index (χ1) is 14.5. The van der Waals surface area contributed by atoms with Gasteiger partial charge in [-0.3, -0.25) is 4.98 Å². The summed E-state index contributed by atoms with van der Waals surface area (Å²) < 4.78 is 2.28. The van der Waals surface area contributed by atoms with Crippen molar-refractivity contribution in [1.29, 1.82) is 0 Å². The number of benzene rings is 1. The summed E-state index contributed by atoms with van der Waals surface area (Å²) in [6.07, 6.45) is 3.99. The fourth-order valence-corrected chi connectivity index (χ4v) is 4.35. The first-order valence-corrected chi connectivity index (χ1v) is 10.7. The summed E-state index contributed by atoms with van der Waals surface area (Å²) in [7, 11) is 4.19. The van der Waals surface area contributed by atoms with Crippen LogP contribution in [-0.2, 0) is 0 Å². The van der Waals surface area contributed by atoms with Gasteiger partial charge in [0.15, 0.2) is 5.11 Å². The molecule has 0 unspecified atom stereocenters. The lowest BCUT2D eigenvalue weighted by Crippen LogP contribution is -2.36. The van der Waals surface area contributed by atoms with Crippen LogP contribution >= 0.6 is 12.2 Å². The lowest BCUT2D eigenvalue weighted by Gasteiger charge is -2.30. The molecule has 30 heavy (non-hydrogen) atoms. The van der Waals surface area contributed by atoms with E-state index in [0.29, 0.717) is 0 Å². The maximum atomic E-state index is 5.78. The molecule has 1 N–H and O–H groups in total. The van der Waals surface area contributed by atoms with Crippen molar-refractivity contribution in [2.75, 3.05) is 27.2 Å². The van der Waals surface area contributed by atoms with Gasteiger partial charge >= 0.3 is 0 Å². The Morgan fingerprint density at radius 3 is 2.60 bits per heavy atom. The molecule has 0 aliphatic carbocycles. The summed E-state index contributed by atoms with van der Waals surface area (Å²) in [5.74, 6) is 0. The number of hydrogen-bond donors (Lipinski definition) is 1. The molecule has 0 saturated carbocycles. The molecule has 1 saturated heterocycles. The molecule has 3 aromatic rings. The molecule has 0 bridgehead atoms. The summed E-state index contributed by atoms with van der Waals surface area (Å²) in [5, 5.41) is 4.33. The number of pyridine rings is 1. The molecule has 0 amide bonds. The average Bonchev–Trinajstić information content (AvgIpc) is 3.33. The van der Waals surface area contributed by atoms with E-state index in [-0.39, 0.29) is 12.1 Å². The highest BCUT2D eigenvalue weighted by atomic mass is 32.1. The van der Waals surface area contributed by atoms with E-state index in [1.165, 1.54) is 22.5 Å². The quantitative estimate of drug-likeness (QED) is 0.611. The highest BCUT2D eigenvalue weighted by Crippen LogP contribution is 2.39. The second-order valence-electron chi connectivity index (χ2n) is 8.19. The summed E-state index contributed by atoms with van der Waals surface area (Å²) >= 11 is 5.78. The van der Waals surface area contributed by atoms with Crippen molar-refractivity contribution >= 4 is 17.3 Å². The van der Waals surface area contributed by atoms with Crippen LogP contribution in [0.4, 0.5) is 0 Å². The predicted octanol–water partition coefficient (Wildman–Crippen LogP) is 4.02. The minimum Gasteiger partial charge on any atom is -0.352 e. The van der Waals surface area contributed by atoms with E-state index >= 15 is 0 Å². The second-order valence-corrected chi connectivity index (χ2v) is 8.58. The van der Waals surface area contributed by atoms with Crippen LogP contribution < -0.4 is 5.32 Å². The van der Waals surface area contributed by atoms with Crippen LogP contribution in [0, 0.1) is 13.8 Å². The standard InChI is InChI=1S/C24H29N5S/c1-17-10-11-19(16-18(17)2)28-13-7-9-21(28)23-22(20-8-5-6-12-25-20)26-24(30)29(23)15-14-27(3)4/h5-13,16,22-23H,14-15H2,1-4H3,(H,26,30)/t22-,23-/m0/s1. The Morgan fingerprint density at radius 1 is 1.07 bits per heavy atom. The molecule has 3 heterocycles. The molecular formula is C24H29N5S. The molecule has 156 valence electrons. The van der Waals surface area contributed by atoms with Gasteiger partial charge in [0.2, 0.25) is 0 Å². The van der Waals surface area contributed by atoms with Crippen molar-refractivity contribution in [2.24, 2.45) is 0 Å². The van der Waals surface area contributed by atoms with Gasteiger partial charge in [0.25, 0.3) is 0 Å². The second kappa shape index (κ2) is 8.58. The molecule has 1 aliphatic rings. The Morgan fingerprint density at radius 2 is 1.90 bits per heavy atom. The molecule has 0 radical (unpaired) electrons. The zero-order valence-electron chi connectivity index (χ0n) is 18.0. The first-order valence-electron chi connectivity index (χ1n) is 10.3. The molecule has 6 heteroatoms. The number of rotatable bonds is 6. The van der Waals surface area contributed by atoms with Crippen LogP contribution in [0.2, 0.25) is 0 Å². The summed E-state index contributed by atoms with van der Waals surface area (Å²) in [4.78, 5) is 9.14. The SMILES string of the molecule is Cc1ccc(-n2cccc2[C@H]2[C@H](c3ccccn3)NC(=S)N2CCN(C)C)cc1C. The number of aromatic nitrogens is 2. The fraction of sp³-hybridized carbons (Fsp3) is 0.333. The normalized spacial score (nSPS) is 18.8. The smallest absolute Gasteiger partial charge is 0.170 e. The number of likely N-dealkylation sites (N-methyl/N-ethyl adjacent to an activating group) is 1. The Balaban J connectivity index is 1.78. The molecule has 1 aliphatic heterocycles. The van der Waals surface area contributed by atoms with Crippen LogP contribution in [0.25, 0.3) is 5.69 Å². The number of thiocarbonyl (C=S) groups is 1. The summed E-state index contributed by atoms with van der Waals surface area (Å²) in [6.45, 7) is 6.09. The van der Waals surface area contributed by atoms with Gasteiger partial charge in [-0.25, -0.2) is 0 Å². The van der Waals surface area contributed by atoms with Crippen LogP contribution in [-0.4, -0.2) is 51.6 Å². The van der Waals surface area contributed by atoms with E-state index in [1.54, 1.807) is 0 Å². The zero-order chi connectivity index (χ0) is 21.3. The van der Waals surface area contributed by atoms with Crippen LogP contribution in [0.15, 0.2) is 60.9 Å². The third-order valence-electron chi connectivity index (χ3n) is 5.84. The Bertz CT molecular complexity index is 1030. The maximum Gasteiger partial charge on any atom is 0.170 e. The number of hydrogen-bond acceptors (Lipinski definition) is 3. The van der Waals surface area contributed by atoms with E-state index in [9.17, 15) is 0 Å². The molecule has 1 fully saturated rings. The Kier molecular flexibility index (Phi) is 5.88. The lowest BCUT2D eigenvalue weighted by molar-refractivity contribution is 0.272. The van der Waals surface area contributed by atoms with E-state index < -0.39 is 0 Å².